The SMILES string of the molecule is CCOc1cnc(-c2cccnc2)o1. The number of ether oxygens (including phenoxy) is 1. The number of rotatable bonds is 3. The molecule has 2 aromatic rings. The smallest absolute Gasteiger partial charge is 0.305 e. The molecule has 2 rings (SSSR count). The van der Waals surface area contributed by atoms with Gasteiger partial charge in [0.15, 0.2) is 0 Å². The van der Waals surface area contributed by atoms with Crippen LogP contribution in [0, 0.1) is 0 Å². The Morgan fingerprint density at radius 3 is 3.07 bits per heavy atom. The third-order valence-electron chi connectivity index (χ3n) is 1.68. The summed E-state index contributed by atoms with van der Waals surface area (Å²) in [6.07, 6.45) is 4.96. The highest BCUT2D eigenvalue weighted by molar-refractivity contribution is 5.51. The molecule has 0 saturated carbocycles. The molecule has 0 unspecified atom stereocenters. The highest BCUT2D eigenvalue weighted by Gasteiger charge is 2.05. The van der Waals surface area contributed by atoms with E-state index < -0.39 is 0 Å². The molecule has 0 radical (unpaired) electrons. The molecule has 0 aliphatic rings. The van der Waals surface area contributed by atoms with Crippen LogP contribution in [0.1, 0.15) is 6.92 Å². The van der Waals surface area contributed by atoms with Gasteiger partial charge in [0.1, 0.15) is 6.20 Å². The molecule has 4 nitrogen and oxygen atoms in total. The molecule has 0 aliphatic carbocycles. The van der Waals surface area contributed by atoms with Crippen LogP contribution in [0.4, 0.5) is 0 Å². The predicted octanol–water partition coefficient (Wildman–Crippen LogP) is 2.14. The van der Waals surface area contributed by atoms with Crippen LogP contribution in [0.3, 0.4) is 0 Å². The number of oxazole rings is 1. The number of hydrogen-bond donors (Lipinski definition) is 0. The third-order valence-corrected chi connectivity index (χ3v) is 1.68. The van der Waals surface area contributed by atoms with Gasteiger partial charge in [-0.3, -0.25) is 4.98 Å². The minimum Gasteiger partial charge on any atom is -0.464 e. The van der Waals surface area contributed by atoms with Crippen LogP contribution in [0.2, 0.25) is 0 Å². The van der Waals surface area contributed by atoms with E-state index in [1.807, 2.05) is 19.1 Å². The molecule has 14 heavy (non-hydrogen) atoms. The van der Waals surface area contributed by atoms with Crippen LogP contribution < -0.4 is 4.74 Å². The van der Waals surface area contributed by atoms with Crippen molar-refractivity contribution >= 4 is 0 Å². The largest absolute Gasteiger partial charge is 0.464 e. The number of nitrogens with zero attached hydrogens (tertiary/aromatic N) is 2. The van der Waals surface area contributed by atoms with Crippen LogP contribution in [0.25, 0.3) is 11.5 Å². The summed E-state index contributed by atoms with van der Waals surface area (Å²) in [6.45, 7) is 2.47. The van der Waals surface area contributed by atoms with Crippen LogP contribution in [0.5, 0.6) is 5.95 Å². The lowest BCUT2D eigenvalue weighted by atomic mass is 10.3. The molecule has 0 aliphatic heterocycles. The molecule has 0 aromatic carbocycles. The van der Waals surface area contributed by atoms with E-state index in [0.717, 1.165) is 5.56 Å². The maximum atomic E-state index is 5.34. The van der Waals surface area contributed by atoms with Crippen molar-refractivity contribution in [2.24, 2.45) is 0 Å². The molecule has 0 amide bonds. The molecule has 2 heterocycles. The van der Waals surface area contributed by atoms with Crippen LogP contribution >= 0.6 is 0 Å². The second-order valence-electron chi connectivity index (χ2n) is 2.66. The third kappa shape index (κ3) is 1.74. The second kappa shape index (κ2) is 3.91. The first-order valence-corrected chi connectivity index (χ1v) is 4.39. The molecule has 72 valence electrons. The van der Waals surface area contributed by atoms with Gasteiger partial charge in [-0.05, 0) is 19.1 Å². The van der Waals surface area contributed by atoms with Crippen molar-refractivity contribution in [2.45, 2.75) is 6.92 Å². The van der Waals surface area contributed by atoms with Gasteiger partial charge in [-0.2, -0.15) is 0 Å². The quantitative estimate of drug-likeness (QED) is 0.743. The van der Waals surface area contributed by atoms with Crippen LogP contribution in [0.15, 0.2) is 35.1 Å². The molecular formula is C10H10N2O2. The van der Waals surface area contributed by atoms with Crippen LogP contribution in [-0.2, 0) is 0 Å². The molecule has 0 spiro atoms. The average molecular weight is 190 g/mol. The summed E-state index contributed by atoms with van der Waals surface area (Å²) in [6, 6.07) is 3.72. The summed E-state index contributed by atoms with van der Waals surface area (Å²) in [5.41, 5.74) is 0.846. The van der Waals surface area contributed by atoms with E-state index in [0.29, 0.717) is 18.4 Å². The van der Waals surface area contributed by atoms with Crippen molar-refractivity contribution in [3.05, 3.63) is 30.7 Å². The van der Waals surface area contributed by atoms with Crippen molar-refractivity contribution < 1.29 is 9.15 Å². The van der Waals surface area contributed by atoms with Gasteiger partial charge in [0.25, 0.3) is 0 Å². The Labute approximate surface area is 81.6 Å². The van der Waals surface area contributed by atoms with Crippen LogP contribution in [-0.4, -0.2) is 16.6 Å². The standard InChI is InChI=1S/C10H10N2O2/c1-2-13-9-7-12-10(14-9)8-4-3-5-11-6-8/h3-7H,2H2,1H3. The average Bonchev–Trinajstić information content (AvgIpc) is 2.68. The van der Waals surface area contributed by atoms with E-state index in [1.165, 1.54) is 0 Å². The monoisotopic (exact) mass is 190 g/mol. The van der Waals surface area contributed by atoms with Gasteiger partial charge in [0, 0.05) is 12.4 Å². The zero-order valence-corrected chi connectivity index (χ0v) is 7.80. The van der Waals surface area contributed by atoms with E-state index in [2.05, 4.69) is 9.97 Å². The van der Waals surface area contributed by atoms with Gasteiger partial charge >= 0.3 is 5.95 Å². The number of aromatic nitrogens is 2. The first kappa shape index (κ1) is 8.74. The maximum Gasteiger partial charge on any atom is 0.305 e. The van der Waals surface area contributed by atoms with E-state index in [9.17, 15) is 0 Å². The van der Waals surface area contributed by atoms with Gasteiger partial charge in [-0.15, -0.1) is 0 Å². The summed E-state index contributed by atoms with van der Waals surface area (Å²) >= 11 is 0. The van der Waals surface area contributed by atoms with E-state index in [4.69, 9.17) is 9.15 Å². The van der Waals surface area contributed by atoms with Gasteiger partial charge in [-0.25, -0.2) is 4.98 Å². The number of hydrogen-bond acceptors (Lipinski definition) is 4. The van der Waals surface area contributed by atoms with Gasteiger partial charge in [0.05, 0.1) is 12.2 Å². The number of pyridine rings is 1. The molecule has 0 N–H and O–H groups in total. The molecule has 0 bridgehead atoms. The van der Waals surface area contributed by atoms with Crippen molar-refractivity contribution in [3.8, 4) is 17.4 Å². The molecule has 2 aromatic heterocycles. The Balaban J connectivity index is 2.25. The van der Waals surface area contributed by atoms with Crippen molar-refractivity contribution in [3.63, 3.8) is 0 Å². The zero-order chi connectivity index (χ0) is 9.80. The van der Waals surface area contributed by atoms with Gasteiger partial charge in [0.2, 0.25) is 5.89 Å². The minimum absolute atomic E-state index is 0.436. The Morgan fingerprint density at radius 2 is 2.36 bits per heavy atom. The Kier molecular flexibility index (Phi) is 2.44. The molecule has 4 heteroatoms. The first-order valence-electron chi connectivity index (χ1n) is 4.39. The lowest BCUT2D eigenvalue weighted by Gasteiger charge is -1.95. The molecule has 0 saturated heterocycles. The van der Waals surface area contributed by atoms with Crippen molar-refractivity contribution in [2.75, 3.05) is 6.61 Å². The summed E-state index contributed by atoms with van der Waals surface area (Å²) in [4.78, 5) is 8.05. The fourth-order valence-corrected chi connectivity index (χ4v) is 1.09. The highest BCUT2D eigenvalue weighted by atomic mass is 16.6. The lowest BCUT2D eigenvalue weighted by Crippen LogP contribution is -1.87. The van der Waals surface area contributed by atoms with Gasteiger partial charge < -0.3 is 9.15 Å². The highest BCUT2D eigenvalue weighted by Crippen LogP contribution is 2.21. The summed E-state index contributed by atoms with van der Waals surface area (Å²) in [5, 5.41) is 0. The maximum absolute atomic E-state index is 5.34. The van der Waals surface area contributed by atoms with Gasteiger partial charge in [-0.1, -0.05) is 0 Å². The summed E-state index contributed by atoms with van der Waals surface area (Å²) < 4.78 is 10.5. The summed E-state index contributed by atoms with van der Waals surface area (Å²) in [7, 11) is 0. The Hall–Kier alpha value is -1.84. The van der Waals surface area contributed by atoms with E-state index in [1.54, 1.807) is 18.6 Å². The molecule has 0 atom stereocenters. The second-order valence-corrected chi connectivity index (χ2v) is 2.66. The van der Waals surface area contributed by atoms with Crippen molar-refractivity contribution in [1.82, 2.24) is 9.97 Å². The van der Waals surface area contributed by atoms with Crippen molar-refractivity contribution in [1.29, 1.82) is 0 Å². The van der Waals surface area contributed by atoms with E-state index in [-0.39, 0.29) is 0 Å². The topological polar surface area (TPSA) is 48.2 Å². The zero-order valence-electron chi connectivity index (χ0n) is 7.80. The Morgan fingerprint density at radius 1 is 1.43 bits per heavy atom. The normalized spacial score (nSPS) is 10.1. The predicted molar refractivity (Wildman–Crippen MR) is 50.9 cm³/mol. The minimum atomic E-state index is 0.436. The first-order chi connectivity index (χ1) is 6.90. The Bertz CT molecular complexity index is 398. The summed E-state index contributed by atoms with van der Waals surface area (Å²) in [5.74, 6) is 0.966. The lowest BCUT2D eigenvalue weighted by molar-refractivity contribution is 0.260. The molecular weight excluding hydrogens is 180 g/mol. The fraction of sp³-hybridized carbons (Fsp3) is 0.200. The fourth-order valence-electron chi connectivity index (χ4n) is 1.09. The molecule has 0 fully saturated rings. The van der Waals surface area contributed by atoms with E-state index >= 15 is 0 Å².